The summed E-state index contributed by atoms with van der Waals surface area (Å²) in [5.41, 5.74) is 10.9. The van der Waals surface area contributed by atoms with Crippen LogP contribution in [0.3, 0.4) is 0 Å². The monoisotopic (exact) mass is 691 g/mol. The third-order valence-corrected chi connectivity index (χ3v) is 10.3. The lowest BCUT2D eigenvalue weighted by atomic mass is 9.95. The van der Waals surface area contributed by atoms with Crippen molar-refractivity contribution in [3.8, 4) is 50.7 Å². The fourth-order valence-electron chi connectivity index (χ4n) is 7.71. The van der Waals surface area contributed by atoms with Gasteiger partial charge in [0.25, 0.3) is 0 Å². The highest BCUT2D eigenvalue weighted by atomic mass is 16.3. The van der Waals surface area contributed by atoms with Crippen molar-refractivity contribution in [2.75, 3.05) is 0 Å². The molecule has 6 heteroatoms. The molecule has 11 rings (SSSR count). The maximum atomic E-state index is 6.51. The third-order valence-electron chi connectivity index (χ3n) is 10.3. The lowest BCUT2D eigenvalue weighted by Crippen LogP contribution is -1.97. The standard InChI is InChI=1S/C48H29N5O/c1-3-12-30(13-4-1)35-16-7-8-17-36(35)43-29-42(49-48(50-43)39-20-11-19-38-37-18-9-10-21-44(37)54-47(38)39)33-25-23-31-22-24-32-26-27-41-46(45(32)40(31)28-33)52-53(51-41)34-14-5-2-6-15-34/h1-29H. The number of furan rings is 1. The summed E-state index contributed by atoms with van der Waals surface area (Å²) in [7, 11) is 0. The Balaban J connectivity index is 1.16. The van der Waals surface area contributed by atoms with Gasteiger partial charge in [0.2, 0.25) is 0 Å². The highest BCUT2D eigenvalue weighted by Gasteiger charge is 2.19. The quantitative estimate of drug-likeness (QED) is 0.168. The molecule has 0 spiro atoms. The number of hydrogen-bond donors (Lipinski definition) is 0. The molecule has 0 saturated carbocycles. The van der Waals surface area contributed by atoms with E-state index in [1.54, 1.807) is 4.80 Å². The number of rotatable bonds is 5. The molecule has 54 heavy (non-hydrogen) atoms. The summed E-state index contributed by atoms with van der Waals surface area (Å²) in [5, 5.41) is 16.3. The van der Waals surface area contributed by atoms with Crippen molar-refractivity contribution in [2.24, 2.45) is 0 Å². The first-order chi connectivity index (χ1) is 26.7. The average molecular weight is 692 g/mol. The largest absolute Gasteiger partial charge is 0.455 e. The number of para-hydroxylation sites is 3. The molecule has 8 aromatic carbocycles. The van der Waals surface area contributed by atoms with Crippen LogP contribution in [0, 0.1) is 0 Å². The molecule has 0 fully saturated rings. The minimum atomic E-state index is 0.598. The number of aromatic nitrogens is 5. The van der Waals surface area contributed by atoms with Crippen LogP contribution in [0.25, 0.3) is 105 Å². The Morgan fingerprint density at radius 1 is 0.444 bits per heavy atom. The average Bonchev–Trinajstić information content (AvgIpc) is 3.86. The van der Waals surface area contributed by atoms with Crippen LogP contribution in [0.1, 0.15) is 0 Å². The fraction of sp³-hybridized carbons (Fsp3) is 0. The van der Waals surface area contributed by atoms with E-state index in [4.69, 9.17) is 24.6 Å². The summed E-state index contributed by atoms with van der Waals surface area (Å²) in [4.78, 5) is 12.3. The Bertz CT molecular complexity index is 3220. The predicted molar refractivity (Wildman–Crippen MR) is 218 cm³/mol. The highest BCUT2D eigenvalue weighted by Crippen LogP contribution is 2.39. The van der Waals surface area contributed by atoms with Crippen LogP contribution < -0.4 is 0 Å². The zero-order valence-electron chi connectivity index (χ0n) is 28.9. The van der Waals surface area contributed by atoms with Crippen molar-refractivity contribution < 1.29 is 4.42 Å². The van der Waals surface area contributed by atoms with E-state index in [1.807, 2.05) is 60.7 Å². The van der Waals surface area contributed by atoms with Gasteiger partial charge in [-0.1, -0.05) is 133 Å². The molecule has 11 aromatic rings. The Kier molecular flexibility index (Phi) is 6.75. The summed E-state index contributed by atoms with van der Waals surface area (Å²) in [6, 6.07) is 60.5. The second kappa shape index (κ2) is 12.1. The predicted octanol–water partition coefficient (Wildman–Crippen LogP) is 12.1. The number of nitrogens with zero attached hydrogens (tertiary/aromatic N) is 5. The SMILES string of the molecule is c1ccc(-c2ccccc2-c2cc(-c3ccc4ccc5ccc6nn(-c7ccccc7)nc6c5c4c3)nc(-c3cccc4c3oc3ccccc34)n2)cc1. The summed E-state index contributed by atoms with van der Waals surface area (Å²) in [6.07, 6.45) is 0. The smallest absolute Gasteiger partial charge is 0.164 e. The van der Waals surface area contributed by atoms with E-state index in [2.05, 4.69) is 115 Å². The maximum Gasteiger partial charge on any atom is 0.164 e. The Morgan fingerprint density at radius 2 is 1.13 bits per heavy atom. The molecule has 0 radical (unpaired) electrons. The first-order valence-electron chi connectivity index (χ1n) is 18.0. The Labute approximate surface area is 309 Å². The molecule has 0 amide bonds. The van der Waals surface area contributed by atoms with E-state index in [1.165, 1.54) is 0 Å². The van der Waals surface area contributed by atoms with Gasteiger partial charge in [0, 0.05) is 27.3 Å². The van der Waals surface area contributed by atoms with Crippen LogP contribution in [0.2, 0.25) is 0 Å². The summed E-state index contributed by atoms with van der Waals surface area (Å²) < 4.78 is 6.51. The van der Waals surface area contributed by atoms with Crippen molar-refractivity contribution in [3.63, 3.8) is 0 Å². The minimum absolute atomic E-state index is 0.598. The molecular weight excluding hydrogens is 663 g/mol. The van der Waals surface area contributed by atoms with Crippen LogP contribution in [-0.4, -0.2) is 25.0 Å². The number of benzene rings is 8. The summed E-state index contributed by atoms with van der Waals surface area (Å²) in [6.45, 7) is 0. The fourth-order valence-corrected chi connectivity index (χ4v) is 7.71. The molecule has 0 atom stereocenters. The Hall–Kier alpha value is -7.44. The highest BCUT2D eigenvalue weighted by molar-refractivity contribution is 6.19. The van der Waals surface area contributed by atoms with Gasteiger partial charge in [-0.05, 0) is 69.8 Å². The molecular formula is C48H29N5O. The van der Waals surface area contributed by atoms with Crippen molar-refractivity contribution in [2.45, 2.75) is 0 Å². The topological polar surface area (TPSA) is 69.6 Å². The van der Waals surface area contributed by atoms with E-state index in [-0.39, 0.29) is 0 Å². The van der Waals surface area contributed by atoms with Crippen molar-refractivity contribution in [1.82, 2.24) is 25.0 Å². The van der Waals surface area contributed by atoms with Gasteiger partial charge in [0.1, 0.15) is 22.2 Å². The third kappa shape index (κ3) is 4.89. The molecule has 3 heterocycles. The van der Waals surface area contributed by atoms with Gasteiger partial charge in [-0.15, -0.1) is 10.2 Å². The molecule has 0 bridgehead atoms. The molecule has 0 N–H and O–H groups in total. The van der Waals surface area contributed by atoms with Gasteiger partial charge >= 0.3 is 0 Å². The van der Waals surface area contributed by atoms with E-state index < -0.39 is 0 Å². The molecule has 3 aromatic heterocycles. The van der Waals surface area contributed by atoms with Crippen molar-refractivity contribution in [1.29, 1.82) is 0 Å². The molecule has 0 aliphatic rings. The van der Waals surface area contributed by atoms with Crippen LogP contribution in [0.15, 0.2) is 180 Å². The van der Waals surface area contributed by atoms with Crippen molar-refractivity contribution >= 4 is 54.5 Å². The molecule has 252 valence electrons. The number of hydrogen-bond acceptors (Lipinski definition) is 5. The first-order valence-corrected chi connectivity index (χ1v) is 18.0. The van der Waals surface area contributed by atoms with Crippen molar-refractivity contribution in [3.05, 3.63) is 176 Å². The van der Waals surface area contributed by atoms with Gasteiger partial charge in [0.15, 0.2) is 5.82 Å². The van der Waals surface area contributed by atoms with Crippen LogP contribution in [0.5, 0.6) is 0 Å². The van der Waals surface area contributed by atoms with E-state index in [0.29, 0.717) is 5.82 Å². The lowest BCUT2D eigenvalue weighted by molar-refractivity contribution is 0.669. The molecule has 6 nitrogen and oxygen atoms in total. The van der Waals surface area contributed by atoms with Gasteiger partial charge in [-0.25, -0.2) is 9.97 Å². The molecule has 0 aliphatic heterocycles. The summed E-state index contributed by atoms with van der Waals surface area (Å²) in [5.74, 6) is 0.598. The Morgan fingerprint density at radius 3 is 2.02 bits per heavy atom. The van der Waals surface area contributed by atoms with E-state index in [0.717, 1.165) is 99.4 Å². The molecule has 0 unspecified atom stereocenters. The van der Waals surface area contributed by atoms with Gasteiger partial charge in [-0.2, -0.15) is 4.80 Å². The minimum Gasteiger partial charge on any atom is -0.455 e. The zero-order valence-corrected chi connectivity index (χ0v) is 28.9. The second-order valence-corrected chi connectivity index (χ2v) is 13.5. The van der Waals surface area contributed by atoms with E-state index in [9.17, 15) is 0 Å². The van der Waals surface area contributed by atoms with Gasteiger partial charge in [0.05, 0.1) is 22.6 Å². The number of fused-ring (bicyclic) bond motifs is 8. The molecule has 0 saturated heterocycles. The van der Waals surface area contributed by atoms with Crippen LogP contribution in [0.4, 0.5) is 0 Å². The second-order valence-electron chi connectivity index (χ2n) is 13.5. The molecule has 0 aliphatic carbocycles. The van der Waals surface area contributed by atoms with Crippen LogP contribution in [-0.2, 0) is 0 Å². The van der Waals surface area contributed by atoms with E-state index >= 15 is 0 Å². The maximum absolute atomic E-state index is 6.51. The van der Waals surface area contributed by atoms with Gasteiger partial charge in [-0.3, -0.25) is 0 Å². The van der Waals surface area contributed by atoms with Crippen LogP contribution >= 0.6 is 0 Å². The normalized spacial score (nSPS) is 11.7. The first kappa shape index (κ1) is 30.2. The lowest BCUT2D eigenvalue weighted by Gasteiger charge is -2.14. The zero-order chi connectivity index (χ0) is 35.6. The summed E-state index contributed by atoms with van der Waals surface area (Å²) >= 11 is 0. The van der Waals surface area contributed by atoms with Gasteiger partial charge < -0.3 is 4.42 Å².